The summed E-state index contributed by atoms with van der Waals surface area (Å²) < 4.78 is 26.3. The lowest BCUT2D eigenvalue weighted by molar-refractivity contribution is -0.140. The molecule has 0 radical (unpaired) electrons. The molecule has 0 saturated carbocycles. The second-order valence-corrected chi connectivity index (χ2v) is 10.2. The van der Waals surface area contributed by atoms with Gasteiger partial charge in [0, 0.05) is 26.1 Å². The number of rotatable bonds is 11. The predicted octanol–water partition coefficient (Wildman–Crippen LogP) is 3.40. The Morgan fingerprint density at radius 2 is 1.73 bits per heavy atom. The van der Waals surface area contributed by atoms with E-state index in [-0.39, 0.29) is 24.8 Å². The highest BCUT2D eigenvalue weighted by Gasteiger charge is 2.26. The molecule has 0 aliphatic rings. The number of carbonyl (C=O) groups excluding carboxylic acids is 2. The number of sulfonamides is 1. The Bertz CT molecular complexity index is 1050. The molecule has 1 N–H and O–H groups in total. The van der Waals surface area contributed by atoms with E-state index >= 15 is 0 Å². The molecule has 0 aliphatic carbocycles. The standard InChI is InChI=1S/C25H35N3O4S/c1-6-26-25(30)21(4)27(18-22-11-8-7-9-12-22)24(29)13-10-16-28(33(5,31)32)23-17-19(2)14-15-20(23)3/h7-9,11-12,14-15,17,21H,6,10,13,16,18H2,1-5H3,(H,26,30)/t21-/m0/s1. The highest BCUT2D eigenvalue weighted by molar-refractivity contribution is 7.92. The molecule has 2 rings (SSSR count). The van der Waals surface area contributed by atoms with Crippen molar-refractivity contribution in [3.63, 3.8) is 0 Å². The second kappa shape index (κ2) is 11.8. The number of amides is 2. The fraction of sp³-hybridized carbons (Fsp3) is 0.440. The quantitative estimate of drug-likeness (QED) is 0.542. The van der Waals surface area contributed by atoms with E-state index in [4.69, 9.17) is 0 Å². The third kappa shape index (κ3) is 7.60. The van der Waals surface area contributed by atoms with Gasteiger partial charge in [0.2, 0.25) is 21.8 Å². The van der Waals surface area contributed by atoms with Gasteiger partial charge in [0.05, 0.1) is 11.9 Å². The number of nitrogens with one attached hydrogen (secondary N) is 1. The highest BCUT2D eigenvalue weighted by Crippen LogP contribution is 2.24. The molecule has 0 unspecified atom stereocenters. The minimum atomic E-state index is -3.52. The van der Waals surface area contributed by atoms with Crippen molar-refractivity contribution < 1.29 is 18.0 Å². The van der Waals surface area contributed by atoms with Crippen LogP contribution in [0.3, 0.4) is 0 Å². The van der Waals surface area contributed by atoms with Crippen LogP contribution in [0.15, 0.2) is 48.5 Å². The van der Waals surface area contributed by atoms with Crippen molar-refractivity contribution in [2.24, 2.45) is 0 Å². The van der Waals surface area contributed by atoms with Crippen LogP contribution in [0, 0.1) is 13.8 Å². The van der Waals surface area contributed by atoms with Crippen LogP contribution >= 0.6 is 0 Å². The number of nitrogens with zero attached hydrogens (tertiary/aromatic N) is 2. The third-order valence-electron chi connectivity index (χ3n) is 5.50. The first-order valence-electron chi connectivity index (χ1n) is 11.2. The minimum Gasteiger partial charge on any atom is -0.355 e. The van der Waals surface area contributed by atoms with Crippen LogP contribution in [0.1, 0.15) is 43.4 Å². The van der Waals surface area contributed by atoms with Gasteiger partial charge >= 0.3 is 0 Å². The van der Waals surface area contributed by atoms with Crippen molar-refractivity contribution in [1.29, 1.82) is 0 Å². The summed E-state index contributed by atoms with van der Waals surface area (Å²) >= 11 is 0. The molecule has 0 bridgehead atoms. The lowest BCUT2D eigenvalue weighted by Gasteiger charge is -2.29. The number of hydrogen-bond acceptors (Lipinski definition) is 4. The Labute approximate surface area is 197 Å². The Hall–Kier alpha value is -2.87. The summed E-state index contributed by atoms with van der Waals surface area (Å²) in [6, 6.07) is 14.5. The van der Waals surface area contributed by atoms with Crippen molar-refractivity contribution in [2.45, 2.75) is 53.1 Å². The van der Waals surface area contributed by atoms with Crippen LogP contribution in [0.2, 0.25) is 0 Å². The maximum Gasteiger partial charge on any atom is 0.242 e. The number of benzene rings is 2. The van der Waals surface area contributed by atoms with Crippen molar-refractivity contribution >= 4 is 27.5 Å². The second-order valence-electron chi connectivity index (χ2n) is 8.31. The molecule has 1 atom stereocenters. The Morgan fingerprint density at radius 1 is 1.06 bits per heavy atom. The average Bonchev–Trinajstić information content (AvgIpc) is 2.76. The smallest absolute Gasteiger partial charge is 0.242 e. The molecule has 0 spiro atoms. The maximum absolute atomic E-state index is 13.2. The van der Waals surface area contributed by atoms with Crippen LogP contribution in [0.25, 0.3) is 0 Å². The van der Waals surface area contributed by atoms with Gasteiger partial charge in [0.25, 0.3) is 0 Å². The zero-order valence-corrected chi connectivity index (χ0v) is 21.0. The molecule has 0 heterocycles. The molecule has 2 aromatic rings. The Kier molecular flexibility index (Phi) is 9.46. The number of carbonyl (C=O) groups is 2. The SMILES string of the molecule is CCNC(=O)[C@H](C)N(Cc1ccccc1)C(=O)CCCN(c1cc(C)ccc1C)S(C)(=O)=O. The monoisotopic (exact) mass is 473 g/mol. The summed E-state index contributed by atoms with van der Waals surface area (Å²) in [5, 5.41) is 2.77. The van der Waals surface area contributed by atoms with Crippen LogP contribution in [-0.2, 0) is 26.2 Å². The summed E-state index contributed by atoms with van der Waals surface area (Å²) in [5.41, 5.74) is 3.37. The molecule has 0 saturated heterocycles. The van der Waals surface area contributed by atoms with Gasteiger partial charge in [-0.25, -0.2) is 8.42 Å². The van der Waals surface area contributed by atoms with E-state index in [0.717, 1.165) is 16.7 Å². The fourth-order valence-corrected chi connectivity index (χ4v) is 4.67. The van der Waals surface area contributed by atoms with Crippen LogP contribution < -0.4 is 9.62 Å². The van der Waals surface area contributed by atoms with E-state index in [1.807, 2.05) is 69.3 Å². The minimum absolute atomic E-state index is 0.132. The Morgan fingerprint density at radius 3 is 2.33 bits per heavy atom. The molecule has 33 heavy (non-hydrogen) atoms. The van der Waals surface area contributed by atoms with E-state index in [2.05, 4.69) is 5.32 Å². The molecule has 0 fully saturated rings. The topological polar surface area (TPSA) is 86.8 Å². The van der Waals surface area contributed by atoms with Crippen molar-refractivity contribution in [3.8, 4) is 0 Å². The molecule has 7 nitrogen and oxygen atoms in total. The van der Waals surface area contributed by atoms with Gasteiger partial charge in [-0.15, -0.1) is 0 Å². The average molecular weight is 474 g/mol. The summed E-state index contributed by atoms with van der Waals surface area (Å²) in [5.74, 6) is -0.401. The molecule has 2 amide bonds. The number of hydrogen-bond donors (Lipinski definition) is 1. The first-order valence-corrected chi connectivity index (χ1v) is 13.1. The molecular formula is C25H35N3O4S. The lowest BCUT2D eigenvalue weighted by Crippen LogP contribution is -2.47. The van der Waals surface area contributed by atoms with Gasteiger partial charge in [0.15, 0.2) is 0 Å². The van der Waals surface area contributed by atoms with Crippen molar-refractivity contribution in [3.05, 3.63) is 65.2 Å². The van der Waals surface area contributed by atoms with Gasteiger partial charge in [-0.2, -0.15) is 0 Å². The van der Waals surface area contributed by atoms with Gasteiger partial charge in [-0.1, -0.05) is 42.5 Å². The normalized spacial score (nSPS) is 12.2. The van der Waals surface area contributed by atoms with Gasteiger partial charge in [-0.3, -0.25) is 13.9 Å². The summed E-state index contributed by atoms with van der Waals surface area (Å²) in [4.78, 5) is 27.2. The van der Waals surface area contributed by atoms with Gasteiger partial charge in [-0.05, 0) is 56.9 Å². The van der Waals surface area contributed by atoms with Crippen LogP contribution in [0.5, 0.6) is 0 Å². The zero-order valence-electron chi connectivity index (χ0n) is 20.2. The Balaban J connectivity index is 2.16. The number of aryl methyl sites for hydroxylation is 2. The zero-order chi connectivity index (χ0) is 24.6. The van der Waals surface area contributed by atoms with Crippen LogP contribution in [-0.4, -0.2) is 50.5 Å². The predicted molar refractivity (Wildman–Crippen MR) is 132 cm³/mol. The first-order chi connectivity index (χ1) is 15.5. The van der Waals surface area contributed by atoms with E-state index in [1.54, 1.807) is 11.8 Å². The lowest BCUT2D eigenvalue weighted by atomic mass is 10.1. The summed E-state index contributed by atoms with van der Waals surface area (Å²) in [6.45, 7) is 8.31. The maximum atomic E-state index is 13.2. The van der Waals surface area contributed by atoms with Gasteiger partial charge in [0.1, 0.15) is 6.04 Å². The van der Waals surface area contributed by atoms with E-state index < -0.39 is 16.1 Å². The number of anilines is 1. The highest BCUT2D eigenvalue weighted by atomic mass is 32.2. The molecule has 0 aliphatic heterocycles. The van der Waals surface area contributed by atoms with E-state index in [9.17, 15) is 18.0 Å². The fourth-order valence-electron chi connectivity index (χ4n) is 3.66. The van der Waals surface area contributed by atoms with Gasteiger partial charge < -0.3 is 10.2 Å². The van der Waals surface area contributed by atoms with E-state index in [1.165, 1.54) is 10.6 Å². The molecular weight excluding hydrogens is 438 g/mol. The van der Waals surface area contributed by atoms with Crippen molar-refractivity contribution in [2.75, 3.05) is 23.7 Å². The molecule has 2 aromatic carbocycles. The largest absolute Gasteiger partial charge is 0.355 e. The molecule has 8 heteroatoms. The molecule has 0 aromatic heterocycles. The summed E-state index contributed by atoms with van der Waals surface area (Å²) in [7, 11) is -3.52. The van der Waals surface area contributed by atoms with Crippen molar-refractivity contribution in [1.82, 2.24) is 10.2 Å². The third-order valence-corrected chi connectivity index (χ3v) is 6.68. The number of likely N-dealkylation sites (N-methyl/N-ethyl adjacent to an activating group) is 1. The first kappa shape index (κ1) is 26.4. The molecule has 180 valence electrons. The van der Waals surface area contributed by atoms with E-state index in [0.29, 0.717) is 25.2 Å². The van der Waals surface area contributed by atoms with Crippen LogP contribution in [0.4, 0.5) is 5.69 Å². The summed E-state index contributed by atoms with van der Waals surface area (Å²) in [6.07, 6.45) is 1.65.